The summed E-state index contributed by atoms with van der Waals surface area (Å²) in [5.41, 5.74) is 3.71. The van der Waals surface area contributed by atoms with Crippen molar-refractivity contribution in [3.05, 3.63) is 81.3 Å². The Bertz CT molecular complexity index is 1320. The van der Waals surface area contributed by atoms with E-state index in [1.165, 1.54) is 0 Å². The van der Waals surface area contributed by atoms with E-state index in [1.807, 2.05) is 37.3 Å². The molecule has 2 aliphatic rings. The van der Waals surface area contributed by atoms with Crippen molar-refractivity contribution in [2.75, 3.05) is 20.4 Å². The second-order valence-electron chi connectivity index (χ2n) is 8.78. The lowest BCUT2D eigenvalue weighted by atomic mass is 10.0. The molecule has 0 aliphatic carbocycles. The number of carbonyl (C=O) groups is 1. The van der Waals surface area contributed by atoms with Crippen molar-refractivity contribution in [1.82, 2.24) is 9.47 Å². The maximum absolute atomic E-state index is 13.5. The van der Waals surface area contributed by atoms with Gasteiger partial charge in [-0.2, -0.15) is 0 Å². The Morgan fingerprint density at radius 2 is 1.94 bits per heavy atom. The van der Waals surface area contributed by atoms with E-state index >= 15 is 0 Å². The number of para-hydroxylation sites is 1. The zero-order valence-electron chi connectivity index (χ0n) is 19.7. The Morgan fingerprint density at radius 1 is 1.15 bits per heavy atom. The molecule has 1 amide bonds. The van der Waals surface area contributed by atoms with Crippen LogP contribution in [0.3, 0.4) is 0 Å². The first-order valence-electron chi connectivity index (χ1n) is 11.6. The van der Waals surface area contributed by atoms with Crippen LogP contribution in [0.1, 0.15) is 52.3 Å². The van der Waals surface area contributed by atoms with E-state index in [0.29, 0.717) is 13.0 Å². The molecule has 1 unspecified atom stereocenters. The van der Waals surface area contributed by atoms with Crippen molar-refractivity contribution < 1.29 is 14.3 Å². The van der Waals surface area contributed by atoms with Crippen molar-refractivity contribution in [3.8, 4) is 17.2 Å². The number of pyridine rings is 1. The van der Waals surface area contributed by atoms with Gasteiger partial charge in [-0.25, -0.2) is 0 Å². The van der Waals surface area contributed by atoms with Crippen LogP contribution in [0.15, 0.2) is 58.2 Å². The number of unbranched alkanes of at least 4 members (excludes halogenated alkanes) is 1. The molecule has 2 aliphatic heterocycles. The number of amides is 1. The normalized spacial score (nSPS) is 15.9. The van der Waals surface area contributed by atoms with Crippen LogP contribution in [0.4, 0.5) is 0 Å². The summed E-state index contributed by atoms with van der Waals surface area (Å²) in [6, 6.07) is 15.8. The maximum atomic E-state index is 13.5. The van der Waals surface area contributed by atoms with Crippen LogP contribution in [-0.4, -0.2) is 35.8 Å². The lowest BCUT2D eigenvalue weighted by Gasteiger charge is -2.23. The lowest BCUT2D eigenvalue weighted by Crippen LogP contribution is -2.34. The molecule has 0 bridgehead atoms. The first-order chi connectivity index (χ1) is 16.5. The van der Waals surface area contributed by atoms with Gasteiger partial charge in [0.05, 0.1) is 5.69 Å². The second-order valence-corrected chi connectivity index (χ2v) is 10.0. The van der Waals surface area contributed by atoms with Gasteiger partial charge < -0.3 is 18.9 Å². The molecule has 34 heavy (non-hydrogen) atoms. The van der Waals surface area contributed by atoms with E-state index in [1.54, 1.807) is 29.8 Å². The monoisotopic (exact) mass is 476 g/mol. The van der Waals surface area contributed by atoms with Crippen LogP contribution in [0.2, 0.25) is 0 Å². The Morgan fingerprint density at radius 3 is 2.76 bits per heavy atom. The van der Waals surface area contributed by atoms with Crippen molar-refractivity contribution >= 4 is 17.7 Å². The number of nitrogens with zero attached hydrogens (tertiary/aromatic N) is 2. The Kier molecular flexibility index (Phi) is 6.13. The minimum absolute atomic E-state index is 0.00176. The minimum atomic E-state index is -0.217. The molecule has 3 aromatic rings. The number of hydrogen-bond acceptors (Lipinski definition) is 5. The highest BCUT2D eigenvalue weighted by atomic mass is 32.2. The third kappa shape index (κ3) is 3.98. The van der Waals surface area contributed by atoms with E-state index in [4.69, 9.17) is 9.47 Å². The summed E-state index contributed by atoms with van der Waals surface area (Å²) >= 11 is 1.75. The molecule has 0 fully saturated rings. The number of hydrogen-bond donors (Lipinski definition) is 0. The molecule has 0 N–H and O–H groups in total. The fraction of sp³-hybridized carbons (Fsp3) is 0.333. The van der Waals surface area contributed by atoms with Gasteiger partial charge in [-0.05, 0) is 43.2 Å². The first kappa shape index (κ1) is 22.6. The number of thioether (sulfide) groups is 1. The lowest BCUT2D eigenvalue weighted by molar-refractivity contribution is 0.0790. The molecule has 1 atom stereocenters. The summed E-state index contributed by atoms with van der Waals surface area (Å²) in [6.45, 7) is 4.87. The molecule has 2 aromatic carbocycles. The first-order valence-corrected chi connectivity index (χ1v) is 12.5. The number of rotatable bonds is 5. The van der Waals surface area contributed by atoms with Crippen LogP contribution in [0.5, 0.6) is 11.5 Å². The van der Waals surface area contributed by atoms with Crippen LogP contribution in [0, 0.1) is 6.92 Å². The summed E-state index contributed by atoms with van der Waals surface area (Å²) in [7, 11) is 1.78. The van der Waals surface area contributed by atoms with Crippen LogP contribution in [-0.2, 0) is 6.42 Å². The van der Waals surface area contributed by atoms with E-state index in [9.17, 15) is 9.59 Å². The number of ether oxygens (including phenoxy) is 2. The van der Waals surface area contributed by atoms with E-state index < -0.39 is 0 Å². The predicted octanol–water partition coefficient (Wildman–Crippen LogP) is 5.14. The maximum Gasteiger partial charge on any atom is 0.259 e. The largest absolute Gasteiger partial charge is 0.454 e. The van der Waals surface area contributed by atoms with E-state index in [0.717, 1.165) is 51.9 Å². The number of aromatic nitrogens is 1. The molecular formula is C27H28N2O4S. The molecule has 176 valence electrons. The van der Waals surface area contributed by atoms with Crippen molar-refractivity contribution in [1.29, 1.82) is 0 Å². The molecule has 0 saturated heterocycles. The topological polar surface area (TPSA) is 60.8 Å². The Hall–Kier alpha value is -3.19. The molecule has 0 spiro atoms. The minimum Gasteiger partial charge on any atom is -0.454 e. The second kappa shape index (κ2) is 9.22. The molecule has 3 heterocycles. The van der Waals surface area contributed by atoms with Crippen LogP contribution < -0.4 is 14.9 Å². The molecule has 5 rings (SSSR count). The van der Waals surface area contributed by atoms with Gasteiger partial charge in [0.1, 0.15) is 5.56 Å². The van der Waals surface area contributed by atoms with Crippen molar-refractivity contribution in [2.45, 2.75) is 43.3 Å². The zero-order valence-corrected chi connectivity index (χ0v) is 20.5. The van der Waals surface area contributed by atoms with Gasteiger partial charge in [0.25, 0.3) is 5.91 Å². The molecule has 0 saturated carbocycles. The van der Waals surface area contributed by atoms with Gasteiger partial charge in [0.2, 0.25) is 6.79 Å². The number of aryl methyl sites for hydroxylation is 1. The fourth-order valence-corrected chi connectivity index (χ4v) is 5.92. The summed E-state index contributed by atoms with van der Waals surface area (Å²) in [5.74, 6) is 1.26. The summed E-state index contributed by atoms with van der Waals surface area (Å²) in [6.07, 6.45) is 2.42. The molecule has 6 nitrogen and oxygen atoms in total. The molecule has 1 aromatic heterocycles. The van der Waals surface area contributed by atoms with Gasteiger partial charge in [0, 0.05) is 47.6 Å². The van der Waals surface area contributed by atoms with Crippen molar-refractivity contribution in [3.63, 3.8) is 0 Å². The van der Waals surface area contributed by atoms with E-state index in [2.05, 4.69) is 23.6 Å². The fourth-order valence-electron chi connectivity index (χ4n) is 4.65. The third-order valence-corrected chi connectivity index (χ3v) is 7.75. The third-order valence-electron chi connectivity index (χ3n) is 6.43. The number of fused-ring (bicyclic) bond motifs is 4. The van der Waals surface area contributed by atoms with Crippen molar-refractivity contribution in [2.24, 2.45) is 0 Å². The number of carbonyl (C=O) groups excluding carboxylic acids is 1. The summed E-state index contributed by atoms with van der Waals surface area (Å²) in [4.78, 5) is 29.6. The van der Waals surface area contributed by atoms with Gasteiger partial charge >= 0.3 is 0 Å². The van der Waals surface area contributed by atoms with Crippen LogP contribution in [0.25, 0.3) is 5.69 Å². The predicted molar refractivity (Wildman–Crippen MR) is 134 cm³/mol. The van der Waals surface area contributed by atoms with Gasteiger partial charge in [-0.15, -0.1) is 11.8 Å². The summed E-state index contributed by atoms with van der Waals surface area (Å²) < 4.78 is 13.2. The average Bonchev–Trinajstić information content (AvgIpc) is 3.23. The van der Waals surface area contributed by atoms with Gasteiger partial charge in [-0.3, -0.25) is 9.59 Å². The highest BCUT2D eigenvalue weighted by Crippen LogP contribution is 2.46. The zero-order chi connectivity index (χ0) is 23.8. The SMILES string of the molecule is CCCCN(C)C(=O)c1c2n(c(C)cc1=O)-c1ccccc1SC(c1ccc3c(c1)OCO3)C2. The van der Waals surface area contributed by atoms with Gasteiger partial charge in [-0.1, -0.05) is 31.5 Å². The highest BCUT2D eigenvalue weighted by molar-refractivity contribution is 7.99. The Labute approximate surface area is 203 Å². The average molecular weight is 477 g/mol. The van der Waals surface area contributed by atoms with Gasteiger partial charge in [0.15, 0.2) is 16.9 Å². The smallest absolute Gasteiger partial charge is 0.259 e. The summed E-state index contributed by atoms with van der Waals surface area (Å²) in [5, 5.41) is -0.00176. The molecular weight excluding hydrogens is 448 g/mol. The highest BCUT2D eigenvalue weighted by Gasteiger charge is 2.30. The quantitative estimate of drug-likeness (QED) is 0.511. The molecule has 7 heteroatoms. The Balaban J connectivity index is 1.68. The standard InChI is InChI=1S/C27H28N2O4S/c1-4-5-12-28(3)27(31)26-20-15-25(18-10-11-22-23(14-18)33-16-32-22)34-24-9-7-6-8-19(24)29(20)17(2)13-21(26)30/h6-11,13-14,25H,4-5,12,15-16H2,1-3H3. The van der Waals surface area contributed by atoms with E-state index in [-0.39, 0.29) is 28.9 Å². The number of benzene rings is 2. The molecule has 0 radical (unpaired) electrons. The van der Waals surface area contributed by atoms with Crippen LogP contribution >= 0.6 is 11.8 Å².